The summed E-state index contributed by atoms with van der Waals surface area (Å²) < 4.78 is 11.0. The maximum atomic E-state index is 12.1. The molecule has 0 bridgehead atoms. The van der Waals surface area contributed by atoms with E-state index in [1.807, 2.05) is 18.2 Å². The fourth-order valence-electron chi connectivity index (χ4n) is 2.30. The van der Waals surface area contributed by atoms with Gasteiger partial charge in [0.1, 0.15) is 13.2 Å². The van der Waals surface area contributed by atoms with E-state index in [0.717, 1.165) is 10.6 Å². The van der Waals surface area contributed by atoms with Gasteiger partial charge in [-0.25, -0.2) is 0 Å². The third-order valence-corrected chi connectivity index (χ3v) is 4.37. The van der Waals surface area contributed by atoms with E-state index in [1.165, 1.54) is 18.7 Å². The van der Waals surface area contributed by atoms with Crippen LogP contribution in [0.25, 0.3) is 0 Å². The first-order chi connectivity index (χ1) is 12.1. The van der Waals surface area contributed by atoms with Gasteiger partial charge in [0.15, 0.2) is 11.5 Å². The smallest absolute Gasteiger partial charge is 0.234 e. The minimum absolute atomic E-state index is 0.104. The maximum Gasteiger partial charge on any atom is 0.234 e. The zero-order valence-electron chi connectivity index (χ0n) is 13.7. The van der Waals surface area contributed by atoms with Gasteiger partial charge in [0.2, 0.25) is 11.8 Å². The summed E-state index contributed by atoms with van der Waals surface area (Å²) in [7, 11) is 0. The standard InChI is InChI=1S/C18H18N2O4S/c1-12(21)19-13-2-4-14(5-3-13)20-18(22)11-25-15-6-7-16-17(10-15)24-9-8-23-16/h2-7,10H,8-9,11H2,1H3,(H,19,21)(H,20,22). The predicted octanol–water partition coefficient (Wildman–Crippen LogP) is 3.15. The summed E-state index contributed by atoms with van der Waals surface area (Å²) in [5, 5.41) is 5.51. The van der Waals surface area contributed by atoms with Gasteiger partial charge in [0.05, 0.1) is 5.75 Å². The number of ether oxygens (including phenoxy) is 2. The summed E-state index contributed by atoms with van der Waals surface area (Å²) in [6.45, 7) is 2.55. The molecule has 0 spiro atoms. The number of amides is 2. The lowest BCUT2D eigenvalue weighted by Crippen LogP contribution is -2.15. The van der Waals surface area contributed by atoms with E-state index in [9.17, 15) is 9.59 Å². The van der Waals surface area contributed by atoms with Crippen LogP contribution < -0.4 is 20.1 Å². The molecule has 7 heteroatoms. The second kappa shape index (κ2) is 7.94. The molecule has 130 valence electrons. The Labute approximate surface area is 149 Å². The van der Waals surface area contributed by atoms with E-state index in [0.29, 0.717) is 30.3 Å². The Balaban J connectivity index is 1.51. The third kappa shape index (κ3) is 4.90. The van der Waals surface area contributed by atoms with Crippen molar-refractivity contribution in [2.24, 2.45) is 0 Å². The molecular formula is C18H18N2O4S. The summed E-state index contributed by atoms with van der Waals surface area (Å²) in [5.74, 6) is 1.50. The highest BCUT2D eigenvalue weighted by Gasteiger charge is 2.12. The average Bonchev–Trinajstić information content (AvgIpc) is 2.61. The maximum absolute atomic E-state index is 12.1. The Morgan fingerprint density at radius 1 is 0.960 bits per heavy atom. The Hall–Kier alpha value is -2.67. The second-order valence-corrected chi connectivity index (χ2v) is 6.45. The molecule has 1 aliphatic heterocycles. The Kier molecular flexibility index (Phi) is 5.45. The zero-order chi connectivity index (χ0) is 17.6. The highest BCUT2D eigenvalue weighted by atomic mass is 32.2. The van der Waals surface area contributed by atoms with Crippen molar-refractivity contribution in [1.29, 1.82) is 0 Å². The van der Waals surface area contributed by atoms with E-state index < -0.39 is 0 Å². The number of hydrogen-bond acceptors (Lipinski definition) is 5. The second-order valence-electron chi connectivity index (χ2n) is 5.40. The molecule has 0 aromatic heterocycles. The molecule has 0 unspecified atom stereocenters. The molecule has 0 saturated heterocycles. The van der Waals surface area contributed by atoms with Crippen LogP contribution >= 0.6 is 11.8 Å². The molecule has 0 radical (unpaired) electrons. The first-order valence-electron chi connectivity index (χ1n) is 7.80. The Morgan fingerprint density at radius 2 is 1.60 bits per heavy atom. The topological polar surface area (TPSA) is 76.7 Å². The number of nitrogens with one attached hydrogen (secondary N) is 2. The fourth-order valence-corrected chi connectivity index (χ4v) is 3.02. The number of hydrogen-bond donors (Lipinski definition) is 2. The molecule has 6 nitrogen and oxygen atoms in total. The van der Waals surface area contributed by atoms with Crippen LogP contribution in [0.15, 0.2) is 47.4 Å². The minimum atomic E-state index is -0.132. The van der Waals surface area contributed by atoms with Crippen LogP contribution in [0.4, 0.5) is 11.4 Å². The monoisotopic (exact) mass is 358 g/mol. The molecule has 2 N–H and O–H groups in total. The molecule has 3 rings (SSSR count). The van der Waals surface area contributed by atoms with E-state index in [1.54, 1.807) is 24.3 Å². The molecule has 1 aliphatic rings. The van der Waals surface area contributed by atoms with Crippen molar-refractivity contribution >= 4 is 35.0 Å². The van der Waals surface area contributed by atoms with Crippen LogP contribution in [0.2, 0.25) is 0 Å². The molecule has 0 fully saturated rings. The highest BCUT2D eigenvalue weighted by Crippen LogP contribution is 2.34. The lowest BCUT2D eigenvalue weighted by molar-refractivity contribution is -0.114. The molecule has 2 aromatic carbocycles. The highest BCUT2D eigenvalue weighted by molar-refractivity contribution is 8.00. The number of thioether (sulfide) groups is 1. The number of benzene rings is 2. The fraction of sp³-hybridized carbons (Fsp3) is 0.222. The number of rotatable bonds is 5. The zero-order valence-corrected chi connectivity index (χ0v) is 14.5. The lowest BCUT2D eigenvalue weighted by atomic mass is 10.3. The van der Waals surface area contributed by atoms with E-state index in [4.69, 9.17) is 9.47 Å². The minimum Gasteiger partial charge on any atom is -0.486 e. The molecule has 0 atom stereocenters. The van der Waals surface area contributed by atoms with Crippen LogP contribution in [0.1, 0.15) is 6.92 Å². The lowest BCUT2D eigenvalue weighted by Gasteiger charge is -2.18. The quantitative estimate of drug-likeness (QED) is 0.803. The molecule has 2 amide bonds. The van der Waals surface area contributed by atoms with Crippen molar-refractivity contribution in [3.05, 3.63) is 42.5 Å². The van der Waals surface area contributed by atoms with Crippen molar-refractivity contribution < 1.29 is 19.1 Å². The Bertz CT molecular complexity index is 777. The molecule has 0 saturated carbocycles. The Morgan fingerprint density at radius 3 is 2.28 bits per heavy atom. The van der Waals surface area contributed by atoms with Crippen molar-refractivity contribution in [2.75, 3.05) is 29.6 Å². The SMILES string of the molecule is CC(=O)Nc1ccc(NC(=O)CSc2ccc3c(c2)OCCO3)cc1. The van der Waals surface area contributed by atoms with Gasteiger partial charge in [-0.15, -0.1) is 11.8 Å². The first-order valence-corrected chi connectivity index (χ1v) is 8.79. The predicted molar refractivity (Wildman–Crippen MR) is 97.5 cm³/mol. The van der Waals surface area contributed by atoms with Crippen molar-refractivity contribution in [3.8, 4) is 11.5 Å². The number of carbonyl (C=O) groups excluding carboxylic acids is 2. The van der Waals surface area contributed by atoms with Gasteiger partial charge < -0.3 is 20.1 Å². The van der Waals surface area contributed by atoms with Gasteiger partial charge >= 0.3 is 0 Å². The third-order valence-electron chi connectivity index (χ3n) is 3.37. The number of fused-ring (bicyclic) bond motifs is 1. The first kappa shape index (κ1) is 17.2. The van der Waals surface area contributed by atoms with E-state index >= 15 is 0 Å². The van der Waals surface area contributed by atoms with Gasteiger partial charge in [-0.2, -0.15) is 0 Å². The van der Waals surface area contributed by atoms with Gasteiger partial charge in [-0.3, -0.25) is 9.59 Å². The molecule has 1 heterocycles. The normalized spacial score (nSPS) is 12.4. The van der Waals surface area contributed by atoms with Crippen molar-refractivity contribution in [2.45, 2.75) is 11.8 Å². The van der Waals surface area contributed by atoms with Gasteiger partial charge in [-0.1, -0.05) is 0 Å². The van der Waals surface area contributed by atoms with Gasteiger partial charge in [-0.05, 0) is 42.5 Å². The van der Waals surface area contributed by atoms with Crippen LogP contribution in [0.3, 0.4) is 0 Å². The molecule has 0 aliphatic carbocycles. The number of carbonyl (C=O) groups is 2. The average molecular weight is 358 g/mol. The van der Waals surface area contributed by atoms with Crippen molar-refractivity contribution in [3.63, 3.8) is 0 Å². The van der Waals surface area contributed by atoms with Gasteiger partial charge in [0, 0.05) is 23.2 Å². The molecule has 25 heavy (non-hydrogen) atoms. The molecule has 2 aromatic rings. The largest absolute Gasteiger partial charge is 0.486 e. The summed E-state index contributed by atoms with van der Waals surface area (Å²) in [5.41, 5.74) is 1.37. The van der Waals surface area contributed by atoms with Crippen LogP contribution in [-0.4, -0.2) is 30.8 Å². The summed E-state index contributed by atoms with van der Waals surface area (Å²) in [6.07, 6.45) is 0. The number of anilines is 2. The molecular weight excluding hydrogens is 340 g/mol. The summed E-state index contributed by atoms with van der Waals surface area (Å²) >= 11 is 1.43. The summed E-state index contributed by atoms with van der Waals surface area (Å²) in [6, 6.07) is 12.6. The summed E-state index contributed by atoms with van der Waals surface area (Å²) in [4.78, 5) is 24.0. The van der Waals surface area contributed by atoms with Gasteiger partial charge in [0.25, 0.3) is 0 Å². The van der Waals surface area contributed by atoms with Crippen molar-refractivity contribution in [1.82, 2.24) is 0 Å². The van der Waals surface area contributed by atoms with Crippen LogP contribution in [0, 0.1) is 0 Å². The van der Waals surface area contributed by atoms with Crippen LogP contribution in [0.5, 0.6) is 11.5 Å². The van der Waals surface area contributed by atoms with Crippen LogP contribution in [-0.2, 0) is 9.59 Å². The van der Waals surface area contributed by atoms with E-state index in [-0.39, 0.29) is 17.6 Å². The van der Waals surface area contributed by atoms with E-state index in [2.05, 4.69) is 10.6 Å².